The van der Waals surface area contributed by atoms with Crippen molar-refractivity contribution < 1.29 is 14.3 Å². The Morgan fingerprint density at radius 1 is 1.22 bits per heavy atom. The zero-order valence-electron chi connectivity index (χ0n) is 14.2. The zero-order valence-corrected chi connectivity index (χ0v) is 14.2. The second-order valence-electron chi connectivity index (χ2n) is 6.48. The van der Waals surface area contributed by atoms with Gasteiger partial charge >= 0.3 is 0 Å². The van der Waals surface area contributed by atoms with E-state index >= 15 is 0 Å². The van der Waals surface area contributed by atoms with Gasteiger partial charge in [-0.25, -0.2) is 0 Å². The van der Waals surface area contributed by atoms with E-state index in [0.29, 0.717) is 11.6 Å². The van der Waals surface area contributed by atoms with Gasteiger partial charge in [-0.05, 0) is 56.9 Å². The van der Waals surface area contributed by atoms with E-state index in [4.69, 9.17) is 4.74 Å². The fourth-order valence-corrected chi connectivity index (χ4v) is 2.60. The zero-order chi connectivity index (χ0) is 16.8. The number of benzene rings is 1. The number of ether oxygens (including phenoxy) is 1. The lowest BCUT2D eigenvalue weighted by Crippen LogP contribution is -2.39. The Balaban J connectivity index is 1.81. The minimum absolute atomic E-state index is 0.0887. The molecule has 5 heteroatoms. The molecule has 126 valence electrons. The van der Waals surface area contributed by atoms with E-state index in [1.807, 2.05) is 26.0 Å². The van der Waals surface area contributed by atoms with Crippen LogP contribution in [0.5, 0.6) is 5.75 Å². The molecule has 23 heavy (non-hydrogen) atoms. The van der Waals surface area contributed by atoms with Gasteiger partial charge in [0.25, 0.3) is 0 Å². The molecule has 1 aromatic rings. The third-order valence-electron chi connectivity index (χ3n) is 3.96. The molecule has 2 amide bonds. The number of anilines is 1. The third-order valence-corrected chi connectivity index (χ3v) is 3.96. The van der Waals surface area contributed by atoms with Crippen molar-refractivity contribution in [3.8, 4) is 5.75 Å². The first kappa shape index (κ1) is 17.3. The Morgan fingerprint density at radius 3 is 2.39 bits per heavy atom. The van der Waals surface area contributed by atoms with Crippen LogP contribution >= 0.6 is 0 Å². The Morgan fingerprint density at radius 2 is 1.83 bits per heavy atom. The van der Waals surface area contributed by atoms with Crippen molar-refractivity contribution in [1.82, 2.24) is 4.90 Å². The summed E-state index contributed by atoms with van der Waals surface area (Å²) in [6.07, 6.45) is 2.05. The fourth-order valence-electron chi connectivity index (χ4n) is 2.60. The summed E-state index contributed by atoms with van der Waals surface area (Å²) in [7, 11) is 0. The number of carbonyl (C=O) groups is 2. The van der Waals surface area contributed by atoms with Gasteiger partial charge in [-0.3, -0.25) is 9.59 Å². The van der Waals surface area contributed by atoms with E-state index in [0.717, 1.165) is 31.7 Å². The van der Waals surface area contributed by atoms with E-state index in [1.54, 1.807) is 17.0 Å². The molecule has 0 atom stereocenters. The highest BCUT2D eigenvalue weighted by Gasteiger charge is 2.22. The molecule has 0 unspecified atom stereocenters. The average molecular weight is 318 g/mol. The molecule has 1 heterocycles. The third kappa shape index (κ3) is 5.58. The summed E-state index contributed by atoms with van der Waals surface area (Å²) in [5.41, 5.74) is 0.672. The second kappa shape index (κ2) is 7.99. The first-order valence-corrected chi connectivity index (χ1v) is 8.28. The molecule has 1 aliphatic rings. The Bertz CT molecular complexity index is 532. The summed E-state index contributed by atoms with van der Waals surface area (Å²) >= 11 is 0. The molecule has 1 saturated heterocycles. The van der Waals surface area contributed by atoms with Crippen LogP contribution in [0.15, 0.2) is 24.3 Å². The molecule has 0 radical (unpaired) electrons. The molecular weight excluding hydrogens is 292 g/mol. The number of piperidine rings is 1. The van der Waals surface area contributed by atoms with Gasteiger partial charge in [0, 0.05) is 18.8 Å². The Labute approximate surface area is 138 Å². The standard InChI is InChI=1S/C18H26N2O3/c1-13(2)23-16-6-4-15(5-7-16)19-17(21)12-18(22)20-10-8-14(3)9-11-20/h4-7,13-14H,8-12H2,1-3H3,(H,19,21). The van der Waals surface area contributed by atoms with Crippen LogP contribution in [-0.4, -0.2) is 35.9 Å². The minimum Gasteiger partial charge on any atom is -0.491 e. The van der Waals surface area contributed by atoms with Gasteiger partial charge in [0.2, 0.25) is 11.8 Å². The van der Waals surface area contributed by atoms with Crippen molar-refractivity contribution >= 4 is 17.5 Å². The van der Waals surface area contributed by atoms with Gasteiger partial charge in [0.1, 0.15) is 12.2 Å². The normalized spacial score (nSPS) is 15.6. The van der Waals surface area contributed by atoms with Gasteiger partial charge in [0.15, 0.2) is 0 Å². The van der Waals surface area contributed by atoms with Gasteiger partial charge in [-0.2, -0.15) is 0 Å². The maximum atomic E-state index is 12.1. The lowest BCUT2D eigenvalue weighted by molar-refractivity contribution is -0.135. The van der Waals surface area contributed by atoms with Crippen molar-refractivity contribution in [3.63, 3.8) is 0 Å². The van der Waals surface area contributed by atoms with Crippen LogP contribution in [0.4, 0.5) is 5.69 Å². The summed E-state index contributed by atoms with van der Waals surface area (Å²) < 4.78 is 5.55. The van der Waals surface area contributed by atoms with Gasteiger partial charge in [0.05, 0.1) is 6.10 Å². The summed E-state index contributed by atoms with van der Waals surface area (Å²) in [5, 5.41) is 2.76. The number of amides is 2. The highest BCUT2D eigenvalue weighted by atomic mass is 16.5. The van der Waals surface area contributed by atoms with E-state index in [9.17, 15) is 9.59 Å². The number of nitrogens with one attached hydrogen (secondary N) is 1. The van der Waals surface area contributed by atoms with Gasteiger partial charge < -0.3 is 15.0 Å². The predicted molar refractivity (Wildman–Crippen MR) is 90.4 cm³/mol. The minimum atomic E-state index is -0.272. The lowest BCUT2D eigenvalue weighted by Gasteiger charge is -2.30. The molecule has 1 aromatic carbocycles. The quantitative estimate of drug-likeness (QED) is 0.849. The van der Waals surface area contributed by atoms with Gasteiger partial charge in [-0.15, -0.1) is 0 Å². The molecule has 0 saturated carbocycles. The number of hydrogen-bond donors (Lipinski definition) is 1. The molecule has 0 aliphatic carbocycles. The molecule has 1 aliphatic heterocycles. The largest absolute Gasteiger partial charge is 0.491 e. The van der Waals surface area contributed by atoms with Crippen molar-refractivity contribution in [2.45, 2.75) is 46.1 Å². The Hall–Kier alpha value is -2.04. The molecule has 0 aromatic heterocycles. The molecule has 0 bridgehead atoms. The van der Waals surface area contributed by atoms with Crippen LogP contribution in [0.2, 0.25) is 0 Å². The maximum Gasteiger partial charge on any atom is 0.233 e. The van der Waals surface area contributed by atoms with Crippen LogP contribution < -0.4 is 10.1 Å². The maximum absolute atomic E-state index is 12.1. The van der Waals surface area contributed by atoms with Gasteiger partial charge in [-0.1, -0.05) is 6.92 Å². The van der Waals surface area contributed by atoms with Crippen LogP contribution in [0.1, 0.15) is 40.0 Å². The number of likely N-dealkylation sites (tertiary alicyclic amines) is 1. The average Bonchev–Trinajstić information content (AvgIpc) is 2.49. The molecule has 1 N–H and O–H groups in total. The summed E-state index contributed by atoms with van der Waals surface area (Å²) in [6, 6.07) is 7.18. The molecular formula is C18H26N2O3. The highest BCUT2D eigenvalue weighted by molar-refractivity contribution is 6.03. The first-order chi connectivity index (χ1) is 10.9. The number of rotatable bonds is 5. The fraction of sp³-hybridized carbons (Fsp3) is 0.556. The van der Waals surface area contributed by atoms with Crippen LogP contribution in [-0.2, 0) is 9.59 Å². The number of nitrogens with zero attached hydrogens (tertiary/aromatic N) is 1. The first-order valence-electron chi connectivity index (χ1n) is 8.28. The van der Waals surface area contributed by atoms with E-state index in [2.05, 4.69) is 12.2 Å². The number of carbonyl (C=O) groups excluding carboxylic acids is 2. The topological polar surface area (TPSA) is 58.6 Å². The smallest absolute Gasteiger partial charge is 0.233 e. The van der Waals surface area contributed by atoms with Crippen molar-refractivity contribution in [3.05, 3.63) is 24.3 Å². The van der Waals surface area contributed by atoms with Crippen molar-refractivity contribution in [2.24, 2.45) is 5.92 Å². The summed E-state index contributed by atoms with van der Waals surface area (Å²) in [6.45, 7) is 7.63. The number of hydrogen-bond acceptors (Lipinski definition) is 3. The van der Waals surface area contributed by atoms with Crippen molar-refractivity contribution in [2.75, 3.05) is 18.4 Å². The van der Waals surface area contributed by atoms with Crippen LogP contribution in [0, 0.1) is 5.92 Å². The van der Waals surface area contributed by atoms with E-state index in [-0.39, 0.29) is 24.3 Å². The summed E-state index contributed by atoms with van der Waals surface area (Å²) in [5.74, 6) is 1.07. The highest BCUT2D eigenvalue weighted by Crippen LogP contribution is 2.18. The lowest BCUT2D eigenvalue weighted by atomic mass is 9.99. The van der Waals surface area contributed by atoms with Crippen LogP contribution in [0.25, 0.3) is 0 Å². The summed E-state index contributed by atoms with van der Waals surface area (Å²) in [4.78, 5) is 25.9. The second-order valence-corrected chi connectivity index (χ2v) is 6.48. The van der Waals surface area contributed by atoms with Crippen LogP contribution in [0.3, 0.4) is 0 Å². The van der Waals surface area contributed by atoms with E-state index < -0.39 is 0 Å². The predicted octanol–water partition coefficient (Wildman–Crippen LogP) is 3.06. The Kier molecular flexibility index (Phi) is 6.02. The molecule has 1 fully saturated rings. The van der Waals surface area contributed by atoms with E-state index in [1.165, 1.54) is 0 Å². The van der Waals surface area contributed by atoms with Crippen molar-refractivity contribution in [1.29, 1.82) is 0 Å². The monoisotopic (exact) mass is 318 g/mol. The SMILES string of the molecule is CC1CCN(C(=O)CC(=O)Nc2ccc(OC(C)C)cc2)CC1. The molecule has 2 rings (SSSR count). The molecule has 0 spiro atoms. The molecule has 5 nitrogen and oxygen atoms in total.